The summed E-state index contributed by atoms with van der Waals surface area (Å²) in [6, 6.07) is 43.7. The normalized spacial score (nSPS) is 10.6. The van der Waals surface area contributed by atoms with E-state index < -0.39 is 0 Å². The molecule has 1 radical (unpaired) electrons. The van der Waals surface area contributed by atoms with E-state index in [0.29, 0.717) is 0 Å². The average Bonchev–Trinajstić information content (AvgIpc) is 3.12. The molecule has 0 fully saturated rings. The zero-order chi connectivity index (χ0) is 32.2. The first-order valence-corrected chi connectivity index (χ1v) is 15.6. The summed E-state index contributed by atoms with van der Waals surface area (Å²) in [7, 11) is 0. The van der Waals surface area contributed by atoms with E-state index in [1.165, 1.54) is 27.3 Å². The Kier molecular flexibility index (Phi) is 9.91. The second kappa shape index (κ2) is 14.6. The van der Waals surface area contributed by atoms with E-state index in [2.05, 4.69) is 101 Å². The summed E-state index contributed by atoms with van der Waals surface area (Å²) >= 11 is 0. The molecule has 0 aliphatic heterocycles. The van der Waals surface area contributed by atoms with Crippen LogP contribution in [0.5, 0.6) is 0 Å². The SMILES string of the molecule is Cc1ccnc(-c2[c-]cc(C)c(-c3cncc(-c4cc5ncccc5c5ccc(C)cc45)c3)c2)c1.[Ir].[c-]1ccccc1-c1ccccn1. The van der Waals surface area contributed by atoms with Crippen LogP contribution in [-0.4, -0.2) is 19.9 Å². The molecule has 48 heavy (non-hydrogen) atoms. The molecule has 0 spiro atoms. The van der Waals surface area contributed by atoms with Gasteiger partial charge in [-0.2, -0.15) is 0 Å². The molecule has 8 rings (SSSR count). The number of aryl methyl sites for hydroxylation is 3. The molecule has 235 valence electrons. The maximum Gasteiger partial charge on any atom is 0.0714 e. The van der Waals surface area contributed by atoms with Crippen molar-refractivity contribution in [3.8, 4) is 44.8 Å². The molecule has 0 unspecified atom stereocenters. The van der Waals surface area contributed by atoms with Crippen molar-refractivity contribution >= 4 is 21.7 Å². The molecule has 4 nitrogen and oxygen atoms in total. The van der Waals surface area contributed by atoms with Gasteiger partial charge >= 0.3 is 0 Å². The molecule has 0 bridgehead atoms. The fourth-order valence-electron chi connectivity index (χ4n) is 5.84. The Labute approximate surface area is 295 Å². The first-order valence-electron chi connectivity index (χ1n) is 15.6. The van der Waals surface area contributed by atoms with Gasteiger partial charge in [-0.1, -0.05) is 66.1 Å². The number of hydrogen-bond acceptors (Lipinski definition) is 4. The van der Waals surface area contributed by atoms with E-state index >= 15 is 0 Å². The van der Waals surface area contributed by atoms with Gasteiger partial charge in [0.1, 0.15) is 0 Å². The number of rotatable bonds is 4. The fraction of sp³-hybridized carbons (Fsp3) is 0.0698. The van der Waals surface area contributed by atoms with Crippen LogP contribution < -0.4 is 0 Å². The van der Waals surface area contributed by atoms with E-state index in [9.17, 15) is 0 Å². The average molecular weight is 797 g/mol. The largest absolute Gasteiger partial charge is 0.305 e. The number of pyridine rings is 4. The van der Waals surface area contributed by atoms with Gasteiger partial charge in [-0.15, -0.1) is 65.2 Å². The molecule has 0 aliphatic carbocycles. The van der Waals surface area contributed by atoms with Crippen molar-refractivity contribution in [2.45, 2.75) is 20.8 Å². The zero-order valence-electron chi connectivity index (χ0n) is 26.9. The number of nitrogens with zero attached hydrogens (tertiary/aromatic N) is 4. The molecule has 4 aromatic heterocycles. The predicted molar refractivity (Wildman–Crippen MR) is 193 cm³/mol. The molecule has 0 saturated carbocycles. The molecule has 0 amide bonds. The maximum absolute atomic E-state index is 4.66. The van der Waals surface area contributed by atoms with Gasteiger partial charge in [-0.3, -0.25) is 9.97 Å². The van der Waals surface area contributed by atoms with Gasteiger partial charge in [0, 0.05) is 62.0 Å². The Morgan fingerprint density at radius 3 is 2.10 bits per heavy atom. The van der Waals surface area contributed by atoms with Crippen molar-refractivity contribution in [2.24, 2.45) is 0 Å². The van der Waals surface area contributed by atoms with Crippen molar-refractivity contribution in [3.05, 3.63) is 169 Å². The van der Waals surface area contributed by atoms with Crippen LogP contribution >= 0.6 is 0 Å². The van der Waals surface area contributed by atoms with Gasteiger partial charge in [-0.25, -0.2) is 0 Å². The Bertz CT molecular complexity index is 2300. The van der Waals surface area contributed by atoms with Gasteiger partial charge in [0.25, 0.3) is 0 Å². The quantitative estimate of drug-likeness (QED) is 0.132. The summed E-state index contributed by atoms with van der Waals surface area (Å²) in [4.78, 5) is 18.1. The molecule has 0 aliphatic rings. The molecule has 5 heteroatoms. The molecular formula is C43H32IrN4-2. The second-order valence-electron chi connectivity index (χ2n) is 11.7. The van der Waals surface area contributed by atoms with E-state index in [1.54, 1.807) is 6.20 Å². The minimum absolute atomic E-state index is 0. The van der Waals surface area contributed by atoms with Crippen LogP contribution in [0.4, 0.5) is 0 Å². The predicted octanol–water partition coefficient (Wildman–Crippen LogP) is 10.5. The van der Waals surface area contributed by atoms with E-state index in [1.807, 2.05) is 85.5 Å². The van der Waals surface area contributed by atoms with Crippen LogP contribution in [0.25, 0.3) is 66.4 Å². The number of aromatic nitrogens is 4. The van der Waals surface area contributed by atoms with Gasteiger partial charge in [0.15, 0.2) is 0 Å². The van der Waals surface area contributed by atoms with Crippen LogP contribution in [0.15, 0.2) is 140 Å². The first kappa shape index (κ1) is 32.6. The number of benzene rings is 4. The second-order valence-corrected chi connectivity index (χ2v) is 11.7. The molecule has 8 aromatic rings. The van der Waals surface area contributed by atoms with Gasteiger partial charge < -0.3 is 9.97 Å². The fourth-order valence-corrected chi connectivity index (χ4v) is 5.84. The molecule has 4 heterocycles. The van der Waals surface area contributed by atoms with Crippen molar-refractivity contribution in [1.29, 1.82) is 0 Å². The van der Waals surface area contributed by atoms with Crippen molar-refractivity contribution < 1.29 is 20.1 Å². The summed E-state index contributed by atoms with van der Waals surface area (Å²) in [5, 5.41) is 3.59. The first-order chi connectivity index (χ1) is 23.0. The number of hydrogen-bond donors (Lipinski definition) is 0. The Morgan fingerprint density at radius 2 is 1.31 bits per heavy atom. The van der Waals surface area contributed by atoms with Gasteiger partial charge in [0.05, 0.1) is 5.52 Å². The monoisotopic (exact) mass is 797 g/mol. The Hall–Kier alpha value is -5.35. The number of fused-ring (bicyclic) bond motifs is 3. The molecule has 4 aromatic carbocycles. The van der Waals surface area contributed by atoms with Gasteiger partial charge in [-0.05, 0) is 77.5 Å². The van der Waals surface area contributed by atoms with Crippen LogP contribution in [0.1, 0.15) is 16.7 Å². The van der Waals surface area contributed by atoms with Crippen molar-refractivity contribution in [3.63, 3.8) is 0 Å². The van der Waals surface area contributed by atoms with Crippen LogP contribution in [0, 0.1) is 32.9 Å². The van der Waals surface area contributed by atoms with Crippen LogP contribution in [-0.2, 0) is 20.1 Å². The zero-order valence-corrected chi connectivity index (χ0v) is 29.3. The van der Waals surface area contributed by atoms with E-state index in [4.69, 9.17) is 0 Å². The third-order valence-corrected chi connectivity index (χ3v) is 8.23. The standard InChI is InChI=1S/C32H24N3.C11H8N.Ir/c1-20-6-9-26-27-5-4-11-34-32(27)17-29(30(26)13-20)25-15-24(18-33-19-25)28-16-23(8-7-22(28)3)31-14-21(2)10-12-35-31;1-2-6-10(7-3-1)11-8-4-5-9-12-11;/h4-7,9-19H,1-3H3;1-6,8-9H;/q2*-1;. The Morgan fingerprint density at radius 1 is 0.521 bits per heavy atom. The van der Waals surface area contributed by atoms with Crippen molar-refractivity contribution in [2.75, 3.05) is 0 Å². The van der Waals surface area contributed by atoms with Crippen LogP contribution in [0.2, 0.25) is 0 Å². The third-order valence-electron chi connectivity index (χ3n) is 8.23. The summed E-state index contributed by atoms with van der Waals surface area (Å²) in [6.07, 6.45) is 9.37. The summed E-state index contributed by atoms with van der Waals surface area (Å²) in [6.45, 7) is 6.33. The molecular weight excluding hydrogens is 765 g/mol. The molecule has 0 atom stereocenters. The van der Waals surface area contributed by atoms with Crippen LogP contribution in [0.3, 0.4) is 0 Å². The Balaban J connectivity index is 0.000000260. The smallest absolute Gasteiger partial charge is 0.0714 e. The topological polar surface area (TPSA) is 51.6 Å². The molecule has 0 saturated heterocycles. The van der Waals surface area contributed by atoms with Gasteiger partial charge in [0.2, 0.25) is 0 Å². The van der Waals surface area contributed by atoms with E-state index in [-0.39, 0.29) is 20.1 Å². The third kappa shape index (κ3) is 6.98. The minimum Gasteiger partial charge on any atom is -0.305 e. The minimum atomic E-state index is 0. The maximum atomic E-state index is 4.66. The summed E-state index contributed by atoms with van der Waals surface area (Å²) in [5.74, 6) is 0. The van der Waals surface area contributed by atoms with E-state index in [0.717, 1.165) is 55.8 Å². The summed E-state index contributed by atoms with van der Waals surface area (Å²) < 4.78 is 0. The van der Waals surface area contributed by atoms with Crippen molar-refractivity contribution in [1.82, 2.24) is 19.9 Å². The summed E-state index contributed by atoms with van der Waals surface area (Å²) in [5.41, 5.74) is 12.9. The molecule has 0 N–H and O–H groups in total.